The predicted molar refractivity (Wildman–Crippen MR) is 87.1 cm³/mol. The van der Waals surface area contributed by atoms with Crippen LogP contribution in [-0.4, -0.2) is 10.7 Å². The number of allylic oxidation sites excluding steroid dienone is 4. The number of ketones is 1. The van der Waals surface area contributed by atoms with E-state index in [9.17, 15) is 4.79 Å². The Bertz CT molecular complexity index is 669. The highest BCUT2D eigenvalue weighted by molar-refractivity contribution is 9.12. The van der Waals surface area contributed by atoms with Crippen molar-refractivity contribution in [1.82, 2.24) is 5.32 Å². The van der Waals surface area contributed by atoms with E-state index in [1.54, 1.807) is 0 Å². The van der Waals surface area contributed by atoms with Gasteiger partial charge in [0.15, 0.2) is 5.78 Å². The SMILES string of the molecule is O=C1C(Br)=C(NCc2ccccc2)[C@]2(Cl)[C@H]1[C@@H]1C=C[C@H]2C1. The molecular formula is C17H15BrClNO. The zero-order chi connectivity index (χ0) is 14.6. The lowest BCUT2D eigenvalue weighted by molar-refractivity contribution is -0.118. The van der Waals surface area contributed by atoms with Crippen molar-refractivity contribution >= 4 is 33.3 Å². The van der Waals surface area contributed by atoms with E-state index < -0.39 is 4.87 Å². The van der Waals surface area contributed by atoms with Crippen molar-refractivity contribution in [3.63, 3.8) is 0 Å². The number of carbonyl (C=O) groups excluding carboxylic acids is 1. The van der Waals surface area contributed by atoms with E-state index in [4.69, 9.17) is 11.6 Å². The highest BCUT2D eigenvalue weighted by Crippen LogP contribution is 2.62. The van der Waals surface area contributed by atoms with Gasteiger partial charge in [0.25, 0.3) is 0 Å². The Labute approximate surface area is 137 Å². The first-order valence-electron chi connectivity index (χ1n) is 7.22. The van der Waals surface area contributed by atoms with Crippen LogP contribution in [-0.2, 0) is 11.3 Å². The van der Waals surface area contributed by atoms with Crippen molar-refractivity contribution in [2.24, 2.45) is 17.8 Å². The molecule has 21 heavy (non-hydrogen) atoms. The minimum Gasteiger partial charge on any atom is -0.382 e. The number of halogens is 2. The van der Waals surface area contributed by atoms with Gasteiger partial charge in [-0.05, 0) is 33.8 Å². The normalized spacial score (nSPS) is 36.5. The van der Waals surface area contributed by atoms with Crippen molar-refractivity contribution in [3.05, 3.63) is 58.2 Å². The topological polar surface area (TPSA) is 29.1 Å². The van der Waals surface area contributed by atoms with Crippen molar-refractivity contribution in [2.45, 2.75) is 17.8 Å². The highest BCUT2D eigenvalue weighted by atomic mass is 79.9. The molecule has 2 nitrogen and oxygen atoms in total. The van der Waals surface area contributed by atoms with Gasteiger partial charge in [-0.15, -0.1) is 11.6 Å². The van der Waals surface area contributed by atoms with Crippen LogP contribution in [0.25, 0.3) is 0 Å². The molecule has 4 heteroatoms. The number of hydrogen-bond donors (Lipinski definition) is 1. The number of hydrogen-bond acceptors (Lipinski definition) is 2. The monoisotopic (exact) mass is 363 g/mol. The zero-order valence-corrected chi connectivity index (χ0v) is 13.7. The second kappa shape index (κ2) is 4.72. The number of carbonyl (C=O) groups is 1. The lowest BCUT2D eigenvalue weighted by Crippen LogP contribution is -2.40. The number of Topliss-reactive ketones (excluding diaryl/α,β-unsaturated/α-hetero) is 1. The summed E-state index contributed by atoms with van der Waals surface area (Å²) in [5, 5.41) is 3.42. The molecule has 0 amide bonds. The molecule has 0 heterocycles. The third-order valence-corrected chi connectivity index (χ3v) is 6.44. The van der Waals surface area contributed by atoms with Crippen molar-refractivity contribution in [3.8, 4) is 0 Å². The first-order valence-corrected chi connectivity index (χ1v) is 8.39. The zero-order valence-electron chi connectivity index (χ0n) is 11.4. The molecule has 0 spiro atoms. The van der Waals surface area contributed by atoms with Gasteiger partial charge in [-0.25, -0.2) is 0 Å². The number of fused-ring (bicyclic) bond motifs is 5. The average molecular weight is 365 g/mol. The Hall–Kier alpha value is -1.06. The minimum absolute atomic E-state index is 0.109. The third kappa shape index (κ3) is 1.80. The molecule has 1 saturated carbocycles. The Morgan fingerprint density at radius 3 is 2.81 bits per heavy atom. The standard InChI is InChI=1S/C17H15BrClNO/c18-14-15(21)13-11-6-7-12(8-11)17(13,19)16(14)20-9-10-4-2-1-3-5-10/h1-7,11-13,20H,8-9H2/t11-,12+,13+,17-/m1/s1. The molecule has 1 N–H and O–H groups in total. The van der Waals surface area contributed by atoms with E-state index in [1.165, 1.54) is 5.56 Å². The van der Waals surface area contributed by atoms with Crippen LogP contribution in [0.1, 0.15) is 12.0 Å². The van der Waals surface area contributed by atoms with Crippen LogP contribution in [0.3, 0.4) is 0 Å². The Morgan fingerprint density at radius 2 is 2.05 bits per heavy atom. The van der Waals surface area contributed by atoms with E-state index in [-0.39, 0.29) is 17.6 Å². The fourth-order valence-electron chi connectivity index (χ4n) is 3.98. The molecule has 2 bridgehead atoms. The average Bonchev–Trinajstić information content (AvgIpc) is 3.12. The molecule has 1 fully saturated rings. The lowest BCUT2D eigenvalue weighted by Gasteiger charge is -2.32. The summed E-state index contributed by atoms with van der Waals surface area (Å²) in [5.74, 6) is 0.592. The Balaban J connectivity index is 1.64. The van der Waals surface area contributed by atoms with Crippen LogP contribution in [0.15, 0.2) is 52.7 Å². The maximum absolute atomic E-state index is 12.5. The molecule has 1 aromatic carbocycles. The van der Waals surface area contributed by atoms with E-state index >= 15 is 0 Å². The van der Waals surface area contributed by atoms with Gasteiger partial charge < -0.3 is 5.32 Å². The molecule has 108 valence electrons. The second-order valence-corrected chi connectivity index (χ2v) is 7.45. The maximum atomic E-state index is 12.5. The van der Waals surface area contributed by atoms with Crippen molar-refractivity contribution < 1.29 is 4.79 Å². The number of rotatable bonds is 3. The maximum Gasteiger partial charge on any atom is 0.177 e. The summed E-state index contributed by atoms with van der Waals surface area (Å²) in [4.78, 5) is 12.0. The summed E-state index contributed by atoms with van der Waals surface area (Å²) in [6, 6.07) is 10.2. The van der Waals surface area contributed by atoms with Crippen LogP contribution in [0.2, 0.25) is 0 Å². The Kier molecular flexibility index (Phi) is 3.05. The molecule has 0 unspecified atom stereocenters. The number of benzene rings is 1. The fourth-order valence-corrected chi connectivity index (χ4v) is 5.39. The summed E-state index contributed by atoms with van der Waals surface area (Å²) in [7, 11) is 0. The fraction of sp³-hybridized carbons (Fsp3) is 0.353. The molecule has 1 aromatic rings. The van der Waals surface area contributed by atoms with Gasteiger partial charge in [0.05, 0.1) is 16.1 Å². The predicted octanol–water partition coefficient (Wildman–Crippen LogP) is 3.77. The van der Waals surface area contributed by atoms with Gasteiger partial charge in [0.1, 0.15) is 4.87 Å². The minimum atomic E-state index is -0.579. The van der Waals surface area contributed by atoms with Crippen LogP contribution in [0.5, 0.6) is 0 Å². The summed E-state index contributed by atoms with van der Waals surface area (Å²) in [5.41, 5.74) is 2.06. The van der Waals surface area contributed by atoms with Gasteiger partial charge in [-0.1, -0.05) is 42.5 Å². The van der Waals surface area contributed by atoms with E-state index in [0.717, 1.165) is 12.1 Å². The number of nitrogens with one attached hydrogen (secondary N) is 1. The molecule has 4 atom stereocenters. The summed E-state index contributed by atoms with van der Waals surface area (Å²) in [6.45, 7) is 0.681. The molecular weight excluding hydrogens is 350 g/mol. The summed E-state index contributed by atoms with van der Waals surface area (Å²) in [6.07, 6.45) is 5.34. The van der Waals surface area contributed by atoms with Gasteiger partial charge in [0, 0.05) is 12.5 Å². The van der Waals surface area contributed by atoms with E-state index in [2.05, 4.69) is 45.5 Å². The van der Waals surface area contributed by atoms with Gasteiger partial charge in [-0.2, -0.15) is 0 Å². The molecule has 0 aliphatic heterocycles. The molecule has 0 aromatic heterocycles. The van der Waals surface area contributed by atoms with Crippen molar-refractivity contribution in [1.29, 1.82) is 0 Å². The van der Waals surface area contributed by atoms with Crippen LogP contribution < -0.4 is 5.32 Å². The molecule has 4 rings (SSSR count). The van der Waals surface area contributed by atoms with E-state index in [0.29, 0.717) is 16.9 Å². The molecule has 3 aliphatic rings. The summed E-state index contributed by atoms with van der Waals surface area (Å²) >= 11 is 10.4. The smallest absolute Gasteiger partial charge is 0.177 e. The molecule has 0 saturated heterocycles. The first kappa shape index (κ1) is 13.6. The van der Waals surface area contributed by atoms with Gasteiger partial charge >= 0.3 is 0 Å². The largest absolute Gasteiger partial charge is 0.382 e. The van der Waals surface area contributed by atoms with Crippen LogP contribution in [0, 0.1) is 17.8 Å². The van der Waals surface area contributed by atoms with Gasteiger partial charge in [0.2, 0.25) is 0 Å². The van der Waals surface area contributed by atoms with Crippen LogP contribution >= 0.6 is 27.5 Å². The number of alkyl halides is 1. The second-order valence-electron chi connectivity index (χ2n) is 6.03. The van der Waals surface area contributed by atoms with Crippen LogP contribution in [0.4, 0.5) is 0 Å². The highest BCUT2D eigenvalue weighted by Gasteiger charge is 2.64. The molecule has 0 radical (unpaired) electrons. The molecule has 3 aliphatic carbocycles. The third-order valence-electron chi connectivity index (χ3n) is 4.95. The van der Waals surface area contributed by atoms with Gasteiger partial charge in [-0.3, -0.25) is 4.79 Å². The first-order chi connectivity index (χ1) is 10.1. The van der Waals surface area contributed by atoms with Crippen molar-refractivity contribution in [2.75, 3.05) is 0 Å². The Morgan fingerprint density at radius 1 is 1.29 bits per heavy atom. The lowest BCUT2D eigenvalue weighted by atomic mass is 9.83. The van der Waals surface area contributed by atoms with E-state index in [1.807, 2.05) is 18.2 Å². The quantitative estimate of drug-likeness (QED) is 0.653. The summed E-state index contributed by atoms with van der Waals surface area (Å²) < 4.78 is 0.636.